The third kappa shape index (κ3) is 7.90. The van der Waals surface area contributed by atoms with E-state index in [9.17, 15) is 9.59 Å². The third-order valence-electron chi connectivity index (χ3n) is 8.27. The summed E-state index contributed by atoms with van der Waals surface area (Å²) in [7, 11) is 1.58. The molecule has 3 N–H and O–H groups in total. The van der Waals surface area contributed by atoms with Gasteiger partial charge in [0.15, 0.2) is 6.21 Å². The van der Waals surface area contributed by atoms with Crippen molar-refractivity contribution in [2.45, 2.75) is 32.3 Å². The van der Waals surface area contributed by atoms with E-state index in [1.807, 2.05) is 119 Å². The molecule has 4 aromatic carbocycles. The highest BCUT2D eigenvalue weighted by Gasteiger charge is 2.31. The zero-order chi connectivity index (χ0) is 33.4. The Morgan fingerprint density at radius 3 is 1.83 bits per heavy atom. The predicted octanol–water partition coefficient (Wildman–Crippen LogP) is 5.24. The van der Waals surface area contributed by atoms with E-state index in [2.05, 4.69) is 26.1 Å². The van der Waals surface area contributed by atoms with Gasteiger partial charge in [0.05, 0.1) is 12.7 Å². The zero-order valence-electron chi connectivity index (χ0n) is 27.5. The maximum atomic E-state index is 14.0. The smallest absolute Gasteiger partial charge is 0.293 e. The molecule has 1 aliphatic heterocycles. The van der Waals surface area contributed by atoms with Crippen molar-refractivity contribution in [3.8, 4) is 5.75 Å². The summed E-state index contributed by atoms with van der Waals surface area (Å²) in [5.74, 6) is 0.115. The number of para-hydroxylation sites is 1. The number of ether oxygens (including phenoxy) is 2. The van der Waals surface area contributed by atoms with Gasteiger partial charge in [-0.25, -0.2) is 0 Å². The topological polar surface area (TPSA) is 96.7 Å². The number of carbonyl (C=O) groups is 2. The standard InChI is InChI=1S/C39H42N4O4/c1-39(2,3)30-20-21-34(46-4)32(26-30)38(45)43-24-22-42(23-25-43)33(27-40)36(37(44)41-31-18-12-7-13-19-31)47-35(28-14-8-5-9-15-28)29-16-10-6-11-17-29/h5-21,26-27,35,40H,22-25H2,1-4H3,(H,41,44)/p+1/b36-33-,40-27?. The van der Waals surface area contributed by atoms with Crippen LogP contribution in [0, 0.1) is 0 Å². The Kier molecular flexibility index (Phi) is 10.4. The van der Waals surface area contributed by atoms with Crippen LogP contribution < -0.4 is 15.5 Å². The summed E-state index contributed by atoms with van der Waals surface area (Å²) in [5.41, 5.74) is 4.34. The highest BCUT2D eigenvalue weighted by atomic mass is 16.5. The van der Waals surface area contributed by atoms with E-state index in [-0.39, 0.29) is 17.1 Å². The second-order valence-electron chi connectivity index (χ2n) is 12.5. The molecule has 1 saturated heterocycles. The summed E-state index contributed by atoms with van der Waals surface area (Å²) < 4.78 is 12.3. The minimum absolute atomic E-state index is 0.0911. The highest BCUT2D eigenvalue weighted by molar-refractivity contribution is 6.05. The molecule has 5 rings (SSSR count). The summed E-state index contributed by atoms with van der Waals surface area (Å²) in [4.78, 5) is 31.6. The molecule has 0 atom stereocenters. The maximum absolute atomic E-state index is 14.0. The first-order valence-electron chi connectivity index (χ1n) is 15.8. The van der Waals surface area contributed by atoms with Crippen LogP contribution in [-0.2, 0) is 14.9 Å². The van der Waals surface area contributed by atoms with Crippen molar-refractivity contribution in [1.82, 2.24) is 9.80 Å². The van der Waals surface area contributed by atoms with Crippen LogP contribution in [0.25, 0.3) is 0 Å². The van der Waals surface area contributed by atoms with Gasteiger partial charge in [-0.1, -0.05) is 106 Å². The average molecular weight is 632 g/mol. The number of allylic oxidation sites excluding steroid dienone is 1. The van der Waals surface area contributed by atoms with Gasteiger partial charge < -0.3 is 24.6 Å². The fraction of sp³-hybridized carbons (Fsp3) is 0.256. The van der Waals surface area contributed by atoms with Gasteiger partial charge in [-0.05, 0) is 46.4 Å². The molecule has 0 bridgehead atoms. The molecular formula is C39H43N4O4+. The summed E-state index contributed by atoms with van der Waals surface area (Å²) in [6, 6.07) is 34.6. The fourth-order valence-electron chi connectivity index (χ4n) is 5.63. The lowest BCUT2D eigenvalue weighted by Gasteiger charge is -2.36. The van der Waals surface area contributed by atoms with E-state index in [4.69, 9.17) is 14.9 Å². The molecule has 0 radical (unpaired) electrons. The van der Waals surface area contributed by atoms with Gasteiger partial charge >= 0.3 is 0 Å². The van der Waals surface area contributed by atoms with Crippen LogP contribution in [0.5, 0.6) is 5.75 Å². The first-order chi connectivity index (χ1) is 22.7. The van der Waals surface area contributed by atoms with Crippen molar-refractivity contribution in [3.05, 3.63) is 143 Å². The van der Waals surface area contributed by atoms with E-state index in [0.717, 1.165) is 16.7 Å². The largest absolute Gasteiger partial charge is 0.496 e. The predicted molar refractivity (Wildman–Crippen MR) is 185 cm³/mol. The minimum Gasteiger partial charge on any atom is -0.496 e. The molecule has 0 spiro atoms. The summed E-state index contributed by atoms with van der Waals surface area (Å²) in [5, 5.41) is 9.27. The lowest BCUT2D eigenvalue weighted by Crippen LogP contribution is -2.50. The monoisotopic (exact) mass is 631 g/mol. The lowest BCUT2D eigenvalue weighted by atomic mass is 9.86. The highest BCUT2D eigenvalue weighted by Crippen LogP contribution is 2.32. The lowest BCUT2D eigenvalue weighted by molar-refractivity contribution is -0.118. The molecule has 8 nitrogen and oxygen atoms in total. The number of nitrogens with zero attached hydrogens (tertiary/aromatic N) is 2. The number of benzene rings is 4. The molecule has 242 valence electrons. The Morgan fingerprint density at radius 2 is 1.32 bits per heavy atom. The quantitative estimate of drug-likeness (QED) is 0.142. The molecule has 2 amide bonds. The van der Waals surface area contributed by atoms with Gasteiger partial charge in [0.2, 0.25) is 5.76 Å². The molecule has 4 aromatic rings. The Balaban J connectivity index is 1.46. The van der Waals surface area contributed by atoms with Crippen LogP contribution in [-0.4, -0.2) is 61.1 Å². The fourth-order valence-corrected chi connectivity index (χ4v) is 5.63. The van der Waals surface area contributed by atoms with Crippen LogP contribution in [0.3, 0.4) is 0 Å². The number of carbonyl (C=O) groups excluding carboxylic acids is 2. The number of piperazine rings is 1. The normalized spacial score (nSPS) is 13.9. The molecule has 0 saturated carbocycles. The van der Waals surface area contributed by atoms with Crippen LogP contribution >= 0.6 is 0 Å². The molecule has 1 fully saturated rings. The van der Waals surface area contributed by atoms with Crippen molar-refractivity contribution >= 4 is 23.7 Å². The molecule has 47 heavy (non-hydrogen) atoms. The zero-order valence-corrected chi connectivity index (χ0v) is 27.5. The Labute approximate surface area is 277 Å². The van der Waals surface area contributed by atoms with E-state index >= 15 is 0 Å². The number of nitrogens with two attached hydrogens (primary N) is 1. The van der Waals surface area contributed by atoms with Crippen molar-refractivity contribution in [2.75, 3.05) is 38.6 Å². The third-order valence-corrected chi connectivity index (χ3v) is 8.27. The second-order valence-corrected chi connectivity index (χ2v) is 12.5. The summed E-state index contributed by atoms with van der Waals surface area (Å²) in [6.45, 7) is 8.10. The van der Waals surface area contributed by atoms with Gasteiger partial charge in [-0.2, -0.15) is 0 Å². The maximum Gasteiger partial charge on any atom is 0.293 e. The molecule has 0 aliphatic carbocycles. The number of nitrogens with one attached hydrogen (secondary N) is 1. The molecular weight excluding hydrogens is 588 g/mol. The van der Waals surface area contributed by atoms with Crippen molar-refractivity contribution in [2.24, 2.45) is 0 Å². The van der Waals surface area contributed by atoms with Crippen LogP contribution in [0.2, 0.25) is 0 Å². The van der Waals surface area contributed by atoms with Crippen LogP contribution in [0.15, 0.2) is 121 Å². The molecule has 0 aromatic heterocycles. The number of rotatable bonds is 10. The van der Waals surface area contributed by atoms with E-state index in [0.29, 0.717) is 48.9 Å². The van der Waals surface area contributed by atoms with E-state index < -0.39 is 12.0 Å². The van der Waals surface area contributed by atoms with Gasteiger partial charge in [0, 0.05) is 31.9 Å². The number of hydrogen-bond donors (Lipinski definition) is 2. The average Bonchev–Trinajstić information content (AvgIpc) is 3.10. The minimum atomic E-state index is -0.575. The van der Waals surface area contributed by atoms with Crippen molar-refractivity contribution < 1.29 is 24.5 Å². The Bertz CT molecular complexity index is 1670. The number of amides is 2. The molecule has 0 unspecified atom stereocenters. The van der Waals surface area contributed by atoms with Crippen LogP contribution in [0.4, 0.5) is 5.69 Å². The van der Waals surface area contributed by atoms with Crippen molar-refractivity contribution in [1.29, 1.82) is 0 Å². The van der Waals surface area contributed by atoms with Crippen LogP contribution in [0.1, 0.15) is 53.9 Å². The number of hydrogen-bond acceptors (Lipinski definition) is 5. The van der Waals surface area contributed by atoms with Gasteiger partial charge in [-0.15, -0.1) is 0 Å². The van der Waals surface area contributed by atoms with Gasteiger partial charge in [-0.3, -0.25) is 15.0 Å². The summed E-state index contributed by atoms with van der Waals surface area (Å²) >= 11 is 0. The number of anilines is 1. The molecule has 1 heterocycles. The first-order valence-corrected chi connectivity index (χ1v) is 15.8. The van der Waals surface area contributed by atoms with Gasteiger partial charge in [0.1, 0.15) is 17.6 Å². The van der Waals surface area contributed by atoms with E-state index in [1.165, 1.54) is 6.21 Å². The summed E-state index contributed by atoms with van der Waals surface area (Å²) in [6.07, 6.45) is 0.842. The SMILES string of the molecule is COc1ccc(C(C)(C)C)cc1C(=O)N1CCN(/C(C=[NH2+])=C(\OC(c2ccccc2)c2ccccc2)C(=O)Nc2ccccc2)CC1. The number of methoxy groups -OCH3 is 1. The molecule has 8 heteroatoms. The second kappa shape index (κ2) is 14.8. The van der Waals surface area contributed by atoms with Gasteiger partial charge in [0.25, 0.3) is 11.8 Å². The van der Waals surface area contributed by atoms with E-state index in [1.54, 1.807) is 7.11 Å². The Hall–Kier alpha value is -5.37. The van der Waals surface area contributed by atoms with Crippen molar-refractivity contribution in [3.63, 3.8) is 0 Å². The first kappa shape index (κ1) is 33.0. The Morgan fingerprint density at radius 1 is 0.787 bits per heavy atom. The molecule has 1 aliphatic rings.